The number of hydrogen-bond acceptors (Lipinski definition) is 10. The molecule has 1 aromatic heterocycles. The van der Waals surface area contributed by atoms with Crippen LogP contribution >= 0.6 is 0 Å². The van der Waals surface area contributed by atoms with Crippen LogP contribution in [0.2, 0.25) is 0 Å². The van der Waals surface area contributed by atoms with Crippen molar-refractivity contribution >= 4 is 18.0 Å². The lowest BCUT2D eigenvalue weighted by atomic mass is 9.49. The Kier molecular flexibility index (Phi) is 8.54. The minimum atomic E-state index is -0.623. The maximum Gasteiger partial charge on any atom is 0.410 e. The highest BCUT2D eigenvalue weighted by Crippen LogP contribution is 2.60. The number of carbonyl (C=O) groups excluding carboxylic acids is 3. The number of piperidine rings is 1. The van der Waals surface area contributed by atoms with Gasteiger partial charge in [-0.05, 0) is 125 Å². The van der Waals surface area contributed by atoms with Gasteiger partial charge < -0.3 is 14.2 Å². The number of amides is 1. The van der Waals surface area contributed by atoms with Gasteiger partial charge in [0.15, 0.2) is 5.82 Å². The Labute approximate surface area is 265 Å². The molecule has 248 valence electrons. The van der Waals surface area contributed by atoms with Crippen molar-refractivity contribution < 1.29 is 28.6 Å². The number of carbonyl (C=O) groups is 3. The molecule has 0 spiro atoms. The second-order valence-electron chi connectivity index (χ2n) is 15.1. The number of tetrazole rings is 1. The van der Waals surface area contributed by atoms with Gasteiger partial charge in [-0.2, -0.15) is 4.80 Å². The van der Waals surface area contributed by atoms with Crippen molar-refractivity contribution in [1.82, 2.24) is 30.0 Å². The van der Waals surface area contributed by atoms with E-state index in [2.05, 4.69) is 10.1 Å². The molecule has 12 nitrogen and oxygen atoms in total. The number of rotatable bonds is 8. The average molecular weight is 627 g/mol. The summed E-state index contributed by atoms with van der Waals surface area (Å²) < 4.78 is 15.9. The molecule has 7 fully saturated rings. The molecule has 12 heteroatoms. The molecule has 2 aliphatic heterocycles. The number of methoxy groups -OCH3 is 1. The third-order valence-electron chi connectivity index (χ3n) is 12.2. The van der Waals surface area contributed by atoms with Crippen molar-refractivity contribution in [3.8, 4) is 0 Å². The molecule has 5 aliphatic carbocycles. The van der Waals surface area contributed by atoms with Crippen LogP contribution < -0.4 is 0 Å². The van der Waals surface area contributed by atoms with Crippen molar-refractivity contribution in [2.45, 2.75) is 108 Å². The topological polar surface area (TPSA) is 129 Å². The highest BCUT2D eigenvalue weighted by atomic mass is 16.6. The summed E-state index contributed by atoms with van der Waals surface area (Å²) in [6, 6.07) is -0.986. The van der Waals surface area contributed by atoms with Gasteiger partial charge in [0, 0.05) is 25.0 Å². The lowest BCUT2D eigenvalue weighted by molar-refractivity contribution is -0.153. The Bertz CT molecular complexity index is 1230. The Hall–Kier alpha value is -2.76. The first kappa shape index (κ1) is 30.9. The van der Waals surface area contributed by atoms with E-state index >= 15 is 0 Å². The highest BCUT2D eigenvalue weighted by molar-refractivity contribution is 5.81. The van der Waals surface area contributed by atoms with Gasteiger partial charge in [0.2, 0.25) is 0 Å². The van der Waals surface area contributed by atoms with Gasteiger partial charge in [0.05, 0.1) is 26.4 Å². The maximum atomic E-state index is 13.2. The Morgan fingerprint density at radius 3 is 2.13 bits per heavy atom. The van der Waals surface area contributed by atoms with Crippen molar-refractivity contribution in [2.75, 3.05) is 40.0 Å². The van der Waals surface area contributed by atoms with Gasteiger partial charge in [-0.25, -0.2) is 9.59 Å². The predicted octanol–water partition coefficient (Wildman–Crippen LogP) is 3.76. The Morgan fingerprint density at radius 2 is 1.49 bits per heavy atom. The lowest BCUT2D eigenvalue weighted by Gasteiger charge is -2.55. The summed E-state index contributed by atoms with van der Waals surface area (Å²) in [6.07, 6.45) is 11.4. The maximum absolute atomic E-state index is 13.2. The van der Waals surface area contributed by atoms with E-state index in [0.717, 1.165) is 49.4 Å². The summed E-state index contributed by atoms with van der Waals surface area (Å²) >= 11 is 0. The lowest BCUT2D eigenvalue weighted by Crippen LogP contribution is -2.55. The standard InChI is InChI=1S/C33H50N6O6/c1-4-44-29(40)27-13-26(39-35-31(34-36-39)33-14-21-8-22(15-33)10-23(9-21)16-33)19-37(27)17-20-6-7-24-18-38(32(42)43-3)28(12-25(24)11-20)30(41)45-5-2/h20-28H,4-19H2,1-3H3. The molecule has 0 aromatic carbocycles. The zero-order chi connectivity index (χ0) is 31.3. The molecule has 0 radical (unpaired) electrons. The van der Waals surface area contributed by atoms with E-state index in [9.17, 15) is 14.4 Å². The molecule has 5 saturated carbocycles. The first-order valence-corrected chi connectivity index (χ1v) is 17.5. The molecular weight excluding hydrogens is 576 g/mol. The molecule has 6 atom stereocenters. The van der Waals surface area contributed by atoms with E-state index in [1.165, 1.54) is 45.6 Å². The molecule has 4 bridgehead atoms. The molecule has 0 N–H and O–H groups in total. The van der Waals surface area contributed by atoms with Crippen LogP contribution in [0.5, 0.6) is 0 Å². The van der Waals surface area contributed by atoms with Gasteiger partial charge in [-0.15, -0.1) is 10.2 Å². The number of aromatic nitrogens is 4. The van der Waals surface area contributed by atoms with Crippen LogP contribution in [0.4, 0.5) is 4.79 Å². The highest BCUT2D eigenvalue weighted by Gasteiger charge is 2.54. The van der Waals surface area contributed by atoms with Gasteiger partial charge in [-0.3, -0.25) is 14.6 Å². The smallest absolute Gasteiger partial charge is 0.410 e. The summed E-state index contributed by atoms with van der Waals surface area (Å²) in [6.45, 7) is 6.24. The molecule has 2 saturated heterocycles. The van der Waals surface area contributed by atoms with E-state index in [0.29, 0.717) is 50.3 Å². The van der Waals surface area contributed by atoms with Gasteiger partial charge in [0.1, 0.15) is 12.1 Å². The van der Waals surface area contributed by atoms with Crippen LogP contribution in [0.25, 0.3) is 0 Å². The molecule has 1 aromatic rings. The van der Waals surface area contributed by atoms with Crippen LogP contribution in [-0.4, -0.2) is 100 Å². The van der Waals surface area contributed by atoms with Crippen molar-refractivity contribution in [3.63, 3.8) is 0 Å². The van der Waals surface area contributed by atoms with Gasteiger partial charge in [0.25, 0.3) is 0 Å². The monoisotopic (exact) mass is 626 g/mol. The number of hydrogen-bond donors (Lipinski definition) is 0. The van der Waals surface area contributed by atoms with Crippen LogP contribution in [0.1, 0.15) is 96.3 Å². The molecular formula is C33H50N6O6. The fourth-order valence-corrected chi connectivity index (χ4v) is 10.7. The third kappa shape index (κ3) is 5.84. The van der Waals surface area contributed by atoms with E-state index in [-0.39, 0.29) is 36.0 Å². The Balaban J connectivity index is 1.03. The average Bonchev–Trinajstić information content (AvgIpc) is 3.68. The van der Waals surface area contributed by atoms with E-state index in [1.54, 1.807) is 11.8 Å². The zero-order valence-electron chi connectivity index (χ0n) is 27.1. The van der Waals surface area contributed by atoms with Crippen LogP contribution in [0, 0.1) is 35.5 Å². The second kappa shape index (κ2) is 12.4. The summed E-state index contributed by atoms with van der Waals surface area (Å²) in [5.74, 6) is 3.83. The third-order valence-corrected chi connectivity index (χ3v) is 12.2. The zero-order valence-corrected chi connectivity index (χ0v) is 27.1. The molecule has 1 amide bonds. The number of likely N-dealkylation sites (tertiary alicyclic amines) is 2. The van der Waals surface area contributed by atoms with E-state index < -0.39 is 12.1 Å². The number of fused-ring (bicyclic) bond motifs is 1. The summed E-state index contributed by atoms with van der Waals surface area (Å²) in [5, 5.41) is 14.3. The van der Waals surface area contributed by atoms with Gasteiger partial charge >= 0.3 is 18.0 Å². The largest absolute Gasteiger partial charge is 0.465 e. The van der Waals surface area contributed by atoms with Crippen LogP contribution in [-0.2, 0) is 29.2 Å². The van der Waals surface area contributed by atoms with Crippen LogP contribution in [0.15, 0.2) is 0 Å². The van der Waals surface area contributed by atoms with Crippen molar-refractivity contribution in [1.29, 1.82) is 0 Å². The molecule has 8 rings (SSSR count). The van der Waals surface area contributed by atoms with Crippen molar-refractivity contribution in [2.24, 2.45) is 35.5 Å². The van der Waals surface area contributed by atoms with E-state index in [1.807, 2.05) is 11.7 Å². The molecule has 45 heavy (non-hydrogen) atoms. The first-order chi connectivity index (χ1) is 21.8. The molecule has 7 aliphatic rings. The van der Waals surface area contributed by atoms with Crippen LogP contribution in [0.3, 0.4) is 0 Å². The number of ether oxygens (including phenoxy) is 3. The minimum absolute atomic E-state index is 0.0256. The fraction of sp³-hybridized carbons (Fsp3) is 0.879. The normalized spacial score (nSPS) is 39.0. The van der Waals surface area contributed by atoms with Gasteiger partial charge in [-0.1, -0.05) is 0 Å². The van der Waals surface area contributed by atoms with E-state index in [4.69, 9.17) is 24.4 Å². The van der Waals surface area contributed by atoms with Crippen molar-refractivity contribution in [3.05, 3.63) is 5.82 Å². The minimum Gasteiger partial charge on any atom is -0.465 e. The number of nitrogens with zero attached hydrogens (tertiary/aromatic N) is 6. The number of esters is 2. The Morgan fingerprint density at radius 1 is 0.822 bits per heavy atom. The first-order valence-electron chi connectivity index (χ1n) is 17.5. The molecule has 3 heterocycles. The summed E-state index contributed by atoms with van der Waals surface area (Å²) in [5.41, 5.74) is 0.0926. The molecule has 6 unspecified atom stereocenters. The summed E-state index contributed by atoms with van der Waals surface area (Å²) in [7, 11) is 1.36. The predicted molar refractivity (Wildman–Crippen MR) is 162 cm³/mol. The SMILES string of the molecule is CCOC(=O)C1CC(n2nnc(C34CC5CC(CC(C5)C3)C4)n2)CN1CC1CCC2CN(C(=O)OC)C(C(=O)OCC)CC2C1. The second-order valence-corrected chi connectivity index (χ2v) is 15.1. The summed E-state index contributed by atoms with van der Waals surface area (Å²) in [4.78, 5) is 44.3. The fourth-order valence-electron chi connectivity index (χ4n) is 10.7. The quantitative estimate of drug-likeness (QED) is 0.311.